The Kier molecular flexibility index (Phi) is 3.93. The maximum Gasteiger partial charge on any atom is 0.0717 e. The predicted molar refractivity (Wildman–Crippen MR) is 64.0 cm³/mol. The Morgan fingerprint density at radius 2 is 1.83 bits per heavy atom. The first-order valence-corrected chi connectivity index (χ1v) is 6.23. The van der Waals surface area contributed by atoms with E-state index in [0.29, 0.717) is 9.74 Å². The molecule has 0 aromatic rings. The van der Waals surface area contributed by atoms with Gasteiger partial charge in [0.1, 0.15) is 0 Å². The molecular formula is C10H18BI. The molecule has 1 aliphatic carbocycles. The van der Waals surface area contributed by atoms with E-state index in [1.165, 1.54) is 12.8 Å². The Balaban J connectivity index is 2.33. The molecule has 0 saturated heterocycles. The van der Waals surface area contributed by atoms with Crippen LogP contribution in [0.3, 0.4) is 0 Å². The summed E-state index contributed by atoms with van der Waals surface area (Å²) >= 11 is 2.52. The Labute approximate surface area is 91.4 Å². The summed E-state index contributed by atoms with van der Waals surface area (Å²) in [5.74, 6) is 2.98. The second-order valence-corrected chi connectivity index (χ2v) is 5.78. The number of hydrogen-bond acceptors (Lipinski definition) is 0. The molecule has 0 heterocycles. The van der Waals surface area contributed by atoms with Gasteiger partial charge in [0, 0.05) is 3.92 Å². The van der Waals surface area contributed by atoms with Gasteiger partial charge in [-0.05, 0) is 24.2 Å². The van der Waals surface area contributed by atoms with Gasteiger partial charge in [-0.1, -0.05) is 55.6 Å². The zero-order valence-electron chi connectivity index (χ0n) is 8.26. The molecule has 5 atom stereocenters. The van der Waals surface area contributed by atoms with Crippen LogP contribution in [0.15, 0.2) is 0 Å². The van der Waals surface area contributed by atoms with E-state index in [0.717, 1.165) is 17.8 Å². The summed E-state index contributed by atoms with van der Waals surface area (Å²) in [5, 5.41) is 0. The third kappa shape index (κ3) is 2.18. The van der Waals surface area contributed by atoms with E-state index in [9.17, 15) is 0 Å². The summed E-state index contributed by atoms with van der Waals surface area (Å²) in [6, 6.07) is 0. The van der Waals surface area contributed by atoms with Crippen molar-refractivity contribution in [3.8, 4) is 0 Å². The highest BCUT2D eigenvalue weighted by Gasteiger charge is 2.46. The predicted octanol–water partition coefficient (Wildman–Crippen LogP) is 3.45. The van der Waals surface area contributed by atoms with Crippen molar-refractivity contribution in [2.24, 2.45) is 17.8 Å². The summed E-state index contributed by atoms with van der Waals surface area (Å²) in [6.07, 6.45) is 2.54. The average Bonchev–Trinajstić information content (AvgIpc) is 2.59. The van der Waals surface area contributed by atoms with Crippen LogP contribution in [0.4, 0.5) is 0 Å². The molecule has 0 amide bonds. The lowest BCUT2D eigenvalue weighted by atomic mass is 9.78. The molecule has 1 fully saturated rings. The molecule has 4 unspecified atom stereocenters. The number of halogens is 1. The fraction of sp³-hybridized carbons (Fsp3) is 1.00. The third-order valence-electron chi connectivity index (χ3n) is 3.33. The molecule has 0 aliphatic heterocycles. The molecular weight excluding hydrogens is 258 g/mol. The van der Waals surface area contributed by atoms with Crippen LogP contribution in [0.25, 0.3) is 0 Å². The highest BCUT2D eigenvalue weighted by molar-refractivity contribution is 14.1. The minimum atomic E-state index is 0.440. The van der Waals surface area contributed by atoms with Crippen molar-refractivity contribution in [2.45, 2.75) is 43.4 Å². The summed E-state index contributed by atoms with van der Waals surface area (Å²) in [7, 11) is 6.18. The van der Waals surface area contributed by atoms with Crippen molar-refractivity contribution in [1.29, 1.82) is 0 Å². The van der Waals surface area contributed by atoms with Gasteiger partial charge in [0.15, 0.2) is 0 Å². The van der Waals surface area contributed by atoms with E-state index < -0.39 is 0 Å². The third-order valence-corrected chi connectivity index (χ3v) is 4.78. The maximum atomic E-state index is 6.18. The van der Waals surface area contributed by atoms with Crippen molar-refractivity contribution in [3.63, 3.8) is 0 Å². The van der Waals surface area contributed by atoms with Crippen molar-refractivity contribution in [2.75, 3.05) is 0 Å². The van der Waals surface area contributed by atoms with Crippen LogP contribution in [0.5, 0.6) is 0 Å². The van der Waals surface area contributed by atoms with E-state index in [-0.39, 0.29) is 0 Å². The molecule has 0 aromatic carbocycles. The molecule has 0 aromatic heterocycles. The van der Waals surface area contributed by atoms with Crippen LogP contribution in [-0.2, 0) is 0 Å². The minimum absolute atomic E-state index is 0.440. The van der Waals surface area contributed by atoms with Gasteiger partial charge < -0.3 is 0 Å². The summed E-state index contributed by atoms with van der Waals surface area (Å²) in [5.41, 5.74) is 0. The molecule has 1 saturated carbocycles. The lowest BCUT2D eigenvalue weighted by Gasteiger charge is -2.18. The molecule has 1 aliphatic rings. The van der Waals surface area contributed by atoms with Crippen molar-refractivity contribution in [3.05, 3.63) is 0 Å². The lowest BCUT2D eigenvalue weighted by Crippen LogP contribution is -2.11. The smallest absolute Gasteiger partial charge is 0.0717 e. The second kappa shape index (κ2) is 4.34. The van der Waals surface area contributed by atoms with Crippen molar-refractivity contribution >= 4 is 30.4 Å². The molecule has 2 radical (unpaired) electrons. The summed E-state index contributed by atoms with van der Waals surface area (Å²) < 4.78 is 0.685. The zero-order valence-corrected chi connectivity index (χ0v) is 10.4. The zero-order chi connectivity index (χ0) is 9.30. The number of hydrogen-bond donors (Lipinski definition) is 0. The monoisotopic (exact) mass is 276 g/mol. The minimum Gasteiger partial charge on any atom is -0.0831 e. The van der Waals surface area contributed by atoms with E-state index in [1.807, 2.05) is 0 Å². The molecule has 2 heteroatoms. The first-order chi connectivity index (χ1) is 5.59. The van der Waals surface area contributed by atoms with Gasteiger partial charge in [-0.15, -0.1) is 0 Å². The summed E-state index contributed by atoms with van der Waals surface area (Å²) in [4.78, 5) is 0. The SMILES string of the molecule is [B]C(C(I)CCC)C1C(C)[C@@H]1C. The Hall–Kier alpha value is 0.795. The van der Waals surface area contributed by atoms with Gasteiger partial charge >= 0.3 is 0 Å². The molecule has 0 bridgehead atoms. The van der Waals surface area contributed by atoms with Gasteiger partial charge in [-0.3, -0.25) is 0 Å². The van der Waals surface area contributed by atoms with Gasteiger partial charge in [0.25, 0.3) is 0 Å². The number of alkyl halides is 1. The van der Waals surface area contributed by atoms with Gasteiger partial charge in [-0.25, -0.2) is 0 Å². The Bertz CT molecular complexity index is 141. The fourth-order valence-electron chi connectivity index (χ4n) is 2.11. The second-order valence-electron chi connectivity index (χ2n) is 4.18. The number of rotatable bonds is 4. The normalized spacial score (nSPS) is 39.2. The fourth-order valence-corrected chi connectivity index (χ4v) is 3.21. The van der Waals surface area contributed by atoms with Crippen molar-refractivity contribution < 1.29 is 0 Å². The quantitative estimate of drug-likeness (QED) is 0.419. The van der Waals surface area contributed by atoms with Gasteiger partial charge in [-0.2, -0.15) is 0 Å². The highest BCUT2D eigenvalue weighted by atomic mass is 127. The molecule has 0 nitrogen and oxygen atoms in total. The molecule has 1 rings (SSSR count). The van der Waals surface area contributed by atoms with Crippen molar-refractivity contribution in [1.82, 2.24) is 0 Å². The Morgan fingerprint density at radius 3 is 2.17 bits per heavy atom. The summed E-state index contributed by atoms with van der Waals surface area (Å²) in [6.45, 7) is 6.88. The molecule has 0 N–H and O–H groups in total. The lowest BCUT2D eigenvalue weighted by molar-refractivity contribution is 0.609. The van der Waals surface area contributed by atoms with Crippen LogP contribution in [0.2, 0.25) is 5.82 Å². The topological polar surface area (TPSA) is 0 Å². The first-order valence-electron chi connectivity index (χ1n) is 4.99. The largest absolute Gasteiger partial charge is 0.0831 e. The van der Waals surface area contributed by atoms with E-state index in [4.69, 9.17) is 7.85 Å². The van der Waals surface area contributed by atoms with Gasteiger partial charge in [0.2, 0.25) is 0 Å². The molecule has 68 valence electrons. The standard InChI is InChI=1S/C10H18BI/c1-4-5-8(12)10(11)9-6(2)7(9)3/h6-10H,4-5H2,1-3H3/t6-,7?,8?,9?,10?/m0/s1. The Morgan fingerprint density at radius 1 is 1.33 bits per heavy atom. The van der Waals surface area contributed by atoms with Crippen LogP contribution in [0.1, 0.15) is 33.6 Å². The maximum absolute atomic E-state index is 6.18. The molecule has 0 spiro atoms. The molecule has 12 heavy (non-hydrogen) atoms. The van der Waals surface area contributed by atoms with E-state index >= 15 is 0 Å². The van der Waals surface area contributed by atoms with E-state index in [2.05, 4.69) is 43.4 Å². The van der Waals surface area contributed by atoms with Crippen LogP contribution < -0.4 is 0 Å². The van der Waals surface area contributed by atoms with Crippen LogP contribution in [0, 0.1) is 17.8 Å². The van der Waals surface area contributed by atoms with E-state index in [1.54, 1.807) is 0 Å². The van der Waals surface area contributed by atoms with Crippen LogP contribution >= 0.6 is 22.6 Å². The highest BCUT2D eigenvalue weighted by Crippen LogP contribution is 2.54. The van der Waals surface area contributed by atoms with Crippen LogP contribution in [-0.4, -0.2) is 11.8 Å². The average molecular weight is 276 g/mol. The first kappa shape index (κ1) is 10.9. The van der Waals surface area contributed by atoms with Gasteiger partial charge in [0.05, 0.1) is 7.85 Å².